The second kappa shape index (κ2) is 7.90. The summed E-state index contributed by atoms with van der Waals surface area (Å²) in [7, 11) is 0. The van der Waals surface area contributed by atoms with Crippen LogP contribution in [0.25, 0.3) is 23.3 Å². The molecule has 0 saturated carbocycles. The average Bonchev–Trinajstić information content (AvgIpc) is 3.23. The van der Waals surface area contributed by atoms with Gasteiger partial charge in [-0.3, -0.25) is 0 Å². The fourth-order valence-corrected chi connectivity index (χ4v) is 4.11. The van der Waals surface area contributed by atoms with Gasteiger partial charge < -0.3 is 5.32 Å². The molecule has 0 fully saturated rings. The molecule has 4 aromatic carbocycles. The molecule has 0 aromatic heterocycles. The summed E-state index contributed by atoms with van der Waals surface area (Å²) in [4.78, 5) is 0. The molecular formula is C28H23N. The van der Waals surface area contributed by atoms with Gasteiger partial charge in [-0.1, -0.05) is 115 Å². The molecule has 1 heterocycles. The van der Waals surface area contributed by atoms with Crippen molar-refractivity contribution in [3.05, 3.63) is 131 Å². The minimum Gasteiger partial charge on any atom is -0.302 e. The molecule has 0 bridgehead atoms. The Hall–Kier alpha value is -3.42. The fourth-order valence-electron chi connectivity index (χ4n) is 4.11. The van der Waals surface area contributed by atoms with Crippen molar-refractivity contribution in [2.45, 2.75) is 12.6 Å². The zero-order chi connectivity index (χ0) is 19.5. The molecule has 4 aromatic rings. The highest BCUT2D eigenvalue weighted by Gasteiger charge is 2.23. The summed E-state index contributed by atoms with van der Waals surface area (Å²) in [6, 6.07) is 36.9. The Labute approximate surface area is 172 Å². The normalized spacial score (nSPS) is 15.5. The van der Waals surface area contributed by atoms with E-state index in [-0.39, 0.29) is 6.04 Å². The Kier molecular flexibility index (Phi) is 4.81. The Morgan fingerprint density at radius 3 is 2.07 bits per heavy atom. The van der Waals surface area contributed by atoms with E-state index in [4.69, 9.17) is 0 Å². The van der Waals surface area contributed by atoms with E-state index in [1.165, 1.54) is 38.9 Å². The number of rotatable bonds is 4. The van der Waals surface area contributed by atoms with Crippen LogP contribution < -0.4 is 5.32 Å². The molecule has 0 aliphatic carbocycles. The first-order chi connectivity index (χ1) is 14.4. The molecule has 0 saturated heterocycles. The molecule has 5 rings (SSSR count). The minimum atomic E-state index is 0.257. The Bertz CT molecular complexity index is 1140. The summed E-state index contributed by atoms with van der Waals surface area (Å²) in [5.41, 5.74) is 9.07. The van der Waals surface area contributed by atoms with Gasteiger partial charge in [0, 0.05) is 6.54 Å². The molecule has 0 spiro atoms. The van der Waals surface area contributed by atoms with Crippen LogP contribution in [0, 0.1) is 0 Å². The highest BCUT2D eigenvalue weighted by Crippen LogP contribution is 2.33. The summed E-state index contributed by atoms with van der Waals surface area (Å²) in [5.74, 6) is 0. The predicted molar refractivity (Wildman–Crippen MR) is 122 cm³/mol. The molecule has 1 nitrogen and oxygen atoms in total. The van der Waals surface area contributed by atoms with Crippen LogP contribution >= 0.6 is 0 Å². The lowest BCUT2D eigenvalue weighted by atomic mass is 9.94. The lowest BCUT2D eigenvalue weighted by Crippen LogP contribution is -2.14. The van der Waals surface area contributed by atoms with Crippen LogP contribution in [0.4, 0.5) is 0 Å². The third-order valence-corrected chi connectivity index (χ3v) is 5.64. The maximum atomic E-state index is 3.67. The number of nitrogens with one attached hydrogen (secondary N) is 1. The van der Waals surface area contributed by atoms with E-state index in [9.17, 15) is 0 Å². The lowest BCUT2D eigenvalue weighted by Gasteiger charge is -2.15. The van der Waals surface area contributed by atoms with Crippen molar-refractivity contribution in [2.24, 2.45) is 0 Å². The van der Waals surface area contributed by atoms with Gasteiger partial charge in [-0.2, -0.15) is 0 Å². The highest BCUT2D eigenvalue weighted by molar-refractivity contribution is 5.73. The van der Waals surface area contributed by atoms with Crippen LogP contribution in [0.5, 0.6) is 0 Å². The van der Waals surface area contributed by atoms with Crippen LogP contribution in [0.1, 0.15) is 33.9 Å². The van der Waals surface area contributed by atoms with Gasteiger partial charge in [0.05, 0.1) is 6.04 Å². The first kappa shape index (κ1) is 17.7. The van der Waals surface area contributed by atoms with E-state index in [0.717, 1.165) is 6.54 Å². The second-order valence-corrected chi connectivity index (χ2v) is 7.46. The topological polar surface area (TPSA) is 12.0 Å². The van der Waals surface area contributed by atoms with E-state index in [1.54, 1.807) is 0 Å². The molecule has 0 amide bonds. The van der Waals surface area contributed by atoms with Crippen molar-refractivity contribution in [2.75, 3.05) is 0 Å². The molecule has 1 atom stereocenters. The molecule has 1 unspecified atom stereocenters. The van der Waals surface area contributed by atoms with Crippen molar-refractivity contribution < 1.29 is 0 Å². The zero-order valence-electron chi connectivity index (χ0n) is 16.3. The SMILES string of the molecule is C(=C\c1ccccc1C1NCc2ccccc21)/c1ccc(-c2ccccc2)cc1. The van der Waals surface area contributed by atoms with Gasteiger partial charge in [-0.15, -0.1) is 0 Å². The highest BCUT2D eigenvalue weighted by atomic mass is 14.9. The van der Waals surface area contributed by atoms with Crippen LogP contribution in [0.2, 0.25) is 0 Å². The molecule has 29 heavy (non-hydrogen) atoms. The monoisotopic (exact) mass is 373 g/mol. The fraction of sp³-hybridized carbons (Fsp3) is 0.0714. The molecule has 1 aliphatic heterocycles. The largest absolute Gasteiger partial charge is 0.302 e. The van der Waals surface area contributed by atoms with Gasteiger partial charge >= 0.3 is 0 Å². The van der Waals surface area contributed by atoms with Gasteiger partial charge in [0.25, 0.3) is 0 Å². The van der Waals surface area contributed by atoms with Crippen molar-refractivity contribution in [3.63, 3.8) is 0 Å². The maximum Gasteiger partial charge on any atom is 0.0588 e. The van der Waals surface area contributed by atoms with Crippen molar-refractivity contribution >= 4 is 12.2 Å². The molecule has 1 heteroatoms. The van der Waals surface area contributed by atoms with Crippen molar-refractivity contribution in [3.8, 4) is 11.1 Å². The summed E-state index contributed by atoms with van der Waals surface area (Å²) in [6.07, 6.45) is 4.43. The first-order valence-corrected chi connectivity index (χ1v) is 10.1. The number of hydrogen-bond acceptors (Lipinski definition) is 1. The van der Waals surface area contributed by atoms with Gasteiger partial charge in [-0.25, -0.2) is 0 Å². The Morgan fingerprint density at radius 1 is 0.586 bits per heavy atom. The van der Waals surface area contributed by atoms with E-state index in [2.05, 4.69) is 121 Å². The van der Waals surface area contributed by atoms with E-state index in [1.807, 2.05) is 0 Å². The van der Waals surface area contributed by atoms with E-state index in [0.29, 0.717) is 0 Å². The first-order valence-electron chi connectivity index (χ1n) is 10.1. The Balaban J connectivity index is 1.41. The van der Waals surface area contributed by atoms with Gasteiger partial charge in [0.15, 0.2) is 0 Å². The summed E-state index contributed by atoms with van der Waals surface area (Å²) < 4.78 is 0. The van der Waals surface area contributed by atoms with Crippen LogP contribution in [-0.4, -0.2) is 0 Å². The van der Waals surface area contributed by atoms with Crippen LogP contribution in [0.15, 0.2) is 103 Å². The van der Waals surface area contributed by atoms with Crippen LogP contribution in [0.3, 0.4) is 0 Å². The third-order valence-electron chi connectivity index (χ3n) is 5.64. The number of hydrogen-bond donors (Lipinski definition) is 1. The summed E-state index contributed by atoms with van der Waals surface area (Å²) >= 11 is 0. The average molecular weight is 373 g/mol. The molecule has 140 valence electrons. The molecule has 0 radical (unpaired) electrons. The van der Waals surface area contributed by atoms with Crippen molar-refractivity contribution in [1.29, 1.82) is 0 Å². The standard InChI is InChI=1S/C28H23N/c1-2-8-22(9-3-1)23-17-14-21(15-18-23)16-19-24-10-4-6-12-26(24)28-27-13-7-5-11-25(27)20-29-28/h1-19,28-29H,20H2/b19-16+. The lowest BCUT2D eigenvalue weighted by molar-refractivity contribution is 0.666. The zero-order valence-corrected chi connectivity index (χ0v) is 16.3. The predicted octanol–water partition coefficient (Wildman–Crippen LogP) is 6.72. The maximum absolute atomic E-state index is 3.67. The van der Waals surface area contributed by atoms with Crippen molar-refractivity contribution in [1.82, 2.24) is 5.32 Å². The molecular weight excluding hydrogens is 350 g/mol. The molecule has 1 N–H and O–H groups in total. The second-order valence-electron chi connectivity index (χ2n) is 7.46. The minimum absolute atomic E-state index is 0.257. The van der Waals surface area contributed by atoms with Crippen LogP contribution in [-0.2, 0) is 6.54 Å². The van der Waals surface area contributed by atoms with Gasteiger partial charge in [-0.05, 0) is 38.9 Å². The quantitative estimate of drug-likeness (QED) is 0.392. The summed E-state index contributed by atoms with van der Waals surface area (Å²) in [5, 5.41) is 3.67. The van der Waals surface area contributed by atoms with E-state index < -0.39 is 0 Å². The van der Waals surface area contributed by atoms with Gasteiger partial charge in [0.2, 0.25) is 0 Å². The van der Waals surface area contributed by atoms with Gasteiger partial charge in [0.1, 0.15) is 0 Å². The number of benzene rings is 4. The third kappa shape index (κ3) is 3.65. The summed E-state index contributed by atoms with van der Waals surface area (Å²) in [6.45, 7) is 0.930. The number of fused-ring (bicyclic) bond motifs is 1. The Morgan fingerprint density at radius 2 is 1.24 bits per heavy atom. The molecule has 1 aliphatic rings. The smallest absolute Gasteiger partial charge is 0.0588 e. The van der Waals surface area contributed by atoms with E-state index >= 15 is 0 Å².